The number of nitrogens with one attached hydrogen (secondary N) is 2. The molecule has 1 aromatic carbocycles. The molecule has 1 aliphatic rings. The van der Waals surface area contributed by atoms with Crippen LogP contribution in [-0.4, -0.2) is 36.0 Å². The van der Waals surface area contributed by atoms with E-state index >= 15 is 0 Å². The molecule has 0 saturated heterocycles. The van der Waals surface area contributed by atoms with E-state index in [2.05, 4.69) is 31.4 Å². The number of hydrogen-bond acceptors (Lipinski definition) is 5. The summed E-state index contributed by atoms with van der Waals surface area (Å²) in [5.74, 6) is -0.534. The Morgan fingerprint density at radius 2 is 1.94 bits per heavy atom. The fourth-order valence-electron chi connectivity index (χ4n) is 4.28. The maximum absolute atomic E-state index is 13.2. The van der Waals surface area contributed by atoms with Gasteiger partial charge in [0.05, 0.1) is 11.1 Å². The number of fused-ring (bicyclic) bond motifs is 2. The van der Waals surface area contributed by atoms with E-state index in [9.17, 15) is 14.4 Å². The molecule has 0 saturated carbocycles. The number of hydrogen-bond donors (Lipinski definition) is 2. The highest BCUT2D eigenvalue weighted by molar-refractivity contribution is 6.06. The van der Waals surface area contributed by atoms with Crippen molar-refractivity contribution < 1.29 is 19.1 Å². The number of esters is 1. The molecule has 3 amide bonds. The van der Waals surface area contributed by atoms with Gasteiger partial charge in [0, 0.05) is 17.6 Å². The molecule has 1 heterocycles. The lowest BCUT2D eigenvalue weighted by atomic mass is 9.68. The van der Waals surface area contributed by atoms with E-state index in [1.165, 1.54) is 0 Å². The van der Waals surface area contributed by atoms with Crippen molar-refractivity contribution in [1.82, 2.24) is 15.6 Å². The molecule has 0 unspecified atom stereocenters. The Bertz CT molecular complexity index is 1050. The average Bonchev–Trinajstić information content (AvgIpc) is 2.79. The Morgan fingerprint density at radius 3 is 2.64 bits per heavy atom. The van der Waals surface area contributed by atoms with Gasteiger partial charge < -0.3 is 10.1 Å². The summed E-state index contributed by atoms with van der Waals surface area (Å²) >= 11 is 0. The number of carbonyl (C=O) groups is 3. The highest BCUT2D eigenvalue weighted by Crippen LogP contribution is 2.41. The Morgan fingerprint density at radius 1 is 1.21 bits per heavy atom. The van der Waals surface area contributed by atoms with Crippen LogP contribution in [0.2, 0.25) is 0 Å². The molecular weight excluding hydrogens is 418 g/mol. The summed E-state index contributed by atoms with van der Waals surface area (Å²) in [6, 6.07) is 6.93. The second-order valence-corrected chi connectivity index (χ2v) is 9.94. The van der Waals surface area contributed by atoms with E-state index in [0.717, 1.165) is 47.8 Å². The zero-order valence-corrected chi connectivity index (χ0v) is 20.3. The van der Waals surface area contributed by atoms with Gasteiger partial charge in [-0.1, -0.05) is 59.2 Å². The van der Waals surface area contributed by atoms with Crippen LogP contribution >= 0.6 is 0 Å². The number of nitrogens with zero attached hydrogens (tertiary/aromatic N) is 1. The molecule has 0 spiro atoms. The van der Waals surface area contributed by atoms with Crippen molar-refractivity contribution in [2.75, 3.05) is 13.2 Å². The molecule has 7 heteroatoms. The van der Waals surface area contributed by atoms with Crippen LogP contribution in [0, 0.1) is 17.3 Å². The number of aryl methyl sites for hydroxylation is 1. The number of imide groups is 1. The minimum absolute atomic E-state index is 0.147. The molecule has 1 atom stereocenters. The van der Waals surface area contributed by atoms with E-state index < -0.39 is 24.5 Å². The molecule has 3 rings (SSSR count). The van der Waals surface area contributed by atoms with Crippen molar-refractivity contribution in [1.29, 1.82) is 0 Å². The van der Waals surface area contributed by atoms with Crippen molar-refractivity contribution in [2.45, 2.75) is 60.3 Å². The lowest BCUT2D eigenvalue weighted by Gasteiger charge is -2.37. The van der Waals surface area contributed by atoms with Gasteiger partial charge in [-0.15, -0.1) is 0 Å². The first kappa shape index (κ1) is 24.7. The second kappa shape index (κ2) is 10.3. The molecule has 2 aromatic rings. The first-order chi connectivity index (χ1) is 15.6. The topological polar surface area (TPSA) is 97.4 Å². The molecule has 7 nitrogen and oxygen atoms in total. The lowest BCUT2D eigenvalue weighted by Crippen LogP contribution is -2.42. The zero-order chi connectivity index (χ0) is 24.2. The molecule has 0 bridgehead atoms. The number of benzene rings is 1. The summed E-state index contributed by atoms with van der Waals surface area (Å²) in [6.45, 7) is 10.6. The summed E-state index contributed by atoms with van der Waals surface area (Å²) in [6.07, 6.45) is 3.64. The van der Waals surface area contributed by atoms with E-state index in [0.29, 0.717) is 18.0 Å². The van der Waals surface area contributed by atoms with Crippen LogP contribution in [0.15, 0.2) is 24.3 Å². The summed E-state index contributed by atoms with van der Waals surface area (Å²) in [5, 5.41) is 5.53. The molecule has 2 N–H and O–H groups in total. The molecule has 0 radical (unpaired) electrons. The van der Waals surface area contributed by atoms with Gasteiger partial charge in [0.1, 0.15) is 0 Å². The standard InChI is InChI=1S/C26H35N3O4/c1-6-26(4,5)17-11-12-21-19(13-17)23(18-9-7-8-10-20(18)28-21)24(31)33-15-22(30)29-25(32)27-14-16(2)3/h7-10,16-17H,6,11-15H2,1-5H3,(H2,27,29,30,32)/t17-/m1/s1. The predicted octanol–water partition coefficient (Wildman–Crippen LogP) is 4.41. The van der Waals surface area contributed by atoms with Crippen LogP contribution in [0.3, 0.4) is 0 Å². The third-order valence-corrected chi connectivity index (χ3v) is 6.74. The molecule has 1 aliphatic carbocycles. The predicted molar refractivity (Wildman–Crippen MR) is 128 cm³/mol. The minimum atomic E-state index is -0.665. The van der Waals surface area contributed by atoms with Gasteiger partial charge in [-0.05, 0) is 48.1 Å². The smallest absolute Gasteiger partial charge is 0.339 e. The Labute approximate surface area is 195 Å². The molecule has 1 aromatic heterocycles. The Kier molecular flexibility index (Phi) is 7.72. The Hall–Kier alpha value is -2.96. The van der Waals surface area contributed by atoms with E-state index in [1.54, 1.807) is 0 Å². The zero-order valence-electron chi connectivity index (χ0n) is 20.3. The van der Waals surface area contributed by atoms with Crippen LogP contribution in [-0.2, 0) is 22.4 Å². The monoisotopic (exact) mass is 453 g/mol. The van der Waals surface area contributed by atoms with Crippen LogP contribution in [0.5, 0.6) is 0 Å². The first-order valence-corrected chi connectivity index (χ1v) is 11.8. The average molecular weight is 454 g/mol. The van der Waals surface area contributed by atoms with Gasteiger partial charge in [0.25, 0.3) is 5.91 Å². The molecule has 0 fully saturated rings. The van der Waals surface area contributed by atoms with Crippen LogP contribution in [0.4, 0.5) is 4.79 Å². The number of aromatic nitrogens is 1. The number of pyridine rings is 1. The van der Waals surface area contributed by atoms with Crippen molar-refractivity contribution in [2.24, 2.45) is 17.3 Å². The minimum Gasteiger partial charge on any atom is -0.452 e. The van der Waals surface area contributed by atoms with Gasteiger partial charge in [-0.3, -0.25) is 15.1 Å². The molecule has 178 valence electrons. The van der Waals surface area contributed by atoms with Gasteiger partial charge in [0.15, 0.2) is 6.61 Å². The van der Waals surface area contributed by atoms with Gasteiger partial charge in [-0.25, -0.2) is 9.59 Å². The van der Waals surface area contributed by atoms with Gasteiger partial charge in [0.2, 0.25) is 0 Å². The quantitative estimate of drug-likeness (QED) is 0.605. The van der Waals surface area contributed by atoms with Crippen LogP contribution < -0.4 is 10.6 Å². The third-order valence-electron chi connectivity index (χ3n) is 6.74. The number of urea groups is 1. The van der Waals surface area contributed by atoms with Crippen LogP contribution in [0.1, 0.15) is 69.1 Å². The normalized spacial score (nSPS) is 15.8. The van der Waals surface area contributed by atoms with E-state index in [4.69, 9.17) is 9.72 Å². The number of para-hydroxylation sites is 1. The highest BCUT2D eigenvalue weighted by atomic mass is 16.5. The summed E-state index contributed by atoms with van der Waals surface area (Å²) in [5.41, 5.74) is 3.24. The van der Waals surface area contributed by atoms with Gasteiger partial charge in [-0.2, -0.15) is 0 Å². The first-order valence-electron chi connectivity index (χ1n) is 11.8. The second-order valence-electron chi connectivity index (χ2n) is 9.94. The molecule has 33 heavy (non-hydrogen) atoms. The number of ether oxygens (including phenoxy) is 1. The van der Waals surface area contributed by atoms with Crippen molar-refractivity contribution in [3.8, 4) is 0 Å². The van der Waals surface area contributed by atoms with Crippen LogP contribution in [0.25, 0.3) is 10.9 Å². The molecule has 0 aliphatic heterocycles. The fourth-order valence-corrected chi connectivity index (χ4v) is 4.28. The van der Waals surface area contributed by atoms with Gasteiger partial charge >= 0.3 is 12.0 Å². The SMILES string of the molecule is CCC(C)(C)[C@@H]1CCc2nc3ccccc3c(C(=O)OCC(=O)NC(=O)NCC(C)C)c2C1. The highest BCUT2D eigenvalue weighted by Gasteiger charge is 2.34. The third kappa shape index (κ3) is 5.89. The summed E-state index contributed by atoms with van der Waals surface area (Å²) in [4.78, 5) is 42.0. The van der Waals surface area contributed by atoms with Crippen molar-refractivity contribution >= 4 is 28.8 Å². The number of carbonyl (C=O) groups excluding carboxylic acids is 3. The van der Waals surface area contributed by atoms with Crippen molar-refractivity contribution in [3.63, 3.8) is 0 Å². The molecular formula is C26H35N3O4. The lowest BCUT2D eigenvalue weighted by molar-refractivity contribution is -0.123. The summed E-state index contributed by atoms with van der Waals surface area (Å²) in [7, 11) is 0. The maximum Gasteiger partial charge on any atom is 0.339 e. The van der Waals surface area contributed by atoms with E-state index in [1.807, 2.05) is 38.1 Å². The number of rotatable bonds is 7. The Balaban J connectivity index is 1.81. The largest absolute Gasteiger partial charge is 0.452 e. The number of amides is 3. The fraction of sp³-hybridized carbons (Fsp3) is 0.538. The van der Waals surface area contributed by atoms with E-state index in [-0.39, 0.29) is 11.3 Å². The summed E-state index contributed by atoms with van der Waals surface area (Å²) < 4.78 is 5.38. The maximum atomic E-state index is 13.2. The van der Waals surface area contributed by atoms with Crippen molar-refractivity contribution in [3.05, 3.63) is 41.1 Å².